The van der Waals surface area contributed by atoms with Crippen molar-refractivity contribution in [3.05, 3.63) is 58.3 Å². The number of carbonyl (C=O) groups is 1. The molecule has 1 aliphatic rings. The van der Waals surface area contributed by atoms with E-state index in [1.807, 2.05) is 18.2 Å². The maximum absolute atomic E-state index is 12.5. The van der Waals surface area contributed by atoms with E-state index < -0.39 is 0 Å². The van der Waals surface area contributed by atoms with E-state index in [4.69, 9.17) is 0 Å². The highest BCUT2D eigenvalue weighted by Gasteiger charge is 2.28. The molecule has 0 unspecified atom stereocenters. The Balaban J connectivity index is 1.60. The highest BCUT2D eigenvalue weighted by molar-refractivity contribution is 7.10. The van der Waals surface area contributed by atoms with E-state index in [0.29, 0.717) is 24.4 Å². The molecule has 1 aromatic heterocycles. The van der Waals surface area contributed by atoms with Crippen LogP contribution < -0.4 is 10.6 Å². The zero-order chi connectivity index (χ0) is 17.6. The smallest absolute Gasteiger partial charge is 0.234 e. The molecule has 134 valence electrons. The van der Waals surface area contributed by atoms with Crippen molar-refractivity contribution < 1.29 is 4.79 Å². The van der Waals surface area contributed by atoms with Crippen LogP contribution in [0.3, 0.4) is 0 Å². The summed E-state index contributed by atoms with van der Waals surface area (Å²) >= 11 is 1.72. The van der Waals surface area contributed by atoms with Gasteiger partial charge in [-0.3, -0.25) is 10.1 Å². The van der Waals surface area contributed by atoms with Crippen molar-refractivity contribution in [1.82, 2.24) is 10.6 Å². The van der Waals surface area contributed by atoms with Gasteiger partial charge in [-0.25, -0.2) is 0 Å². The summed E-state index contributed by atoms with van der Waals surface area (Å²) in [5, 5.41) is 8.79. The Morgan fingerprint density at radius 1 is 1.16 bits per heavy atom. The van der Waals surface area contributed by atoms with Crippen LogP contribution in [-0.2, 0) is 4.79 Å². The molecule has 3 nitrogen and oxygen atoms in total. The zero-order valence-electron chi connectivity index (χ0n) is 15.1. The van der Waals surface area contributed by atoms with Crippen molar-refractivity contribution in [1.29, 1.82) is 0 Å². The quantitative estimate of drug-likeness (QED) is 0.807. The third-order valence-electron chi connectivity index (χ3n) is 5.48. The first kappa shape index (κ1) is 18.2. The predicted octanol–water partition coefficient (Wildman–Crippen LogP) is 4.37. The van der Waals surface area contributed by atoms with Crippen molar-refractivity contribution in [2.75, 3.05) is 6.54 Å². The number of nitrogens with one attached hydrogen (secondary N) is 2. The molecule has 0 spiro atoms. The lowest BCUT2D eigenvalue weighted by Crippen LogP contribution is -2.47. The zero-order valence-corrected chi connectivity index (χ0v) is 15.9. The van der Waals surface area contributed by atoms with Gasteiger partial charge < -0.3 is 5.32 Å². The summed E-state index contributed by atoms with van der Waals surface area (Å²) in [6.07, 6.45) is 3.59. The van der Waals surface area contributed by atoms with E-state index in [1.54, 1.807) is 11.3 Å². The lowest BCUT2D eigenvalue weighted by molar-refractivity contribution is -0.121. The van der Waals surface area contributed by atoms with Gasteiger partial charge in [-0.15, -0.1) is 11.3 Å². The normalized spacial score (nSPS) is 24.6. The van der Waals surface area contributed by atoms with Gasteiger partial charge in [-0.1, -0.05) is 63.1 Å². The molecule has 4 atom stereocenters. The first-order valence-electron chi connectivity index (χ1n) is 9.26. The first-order valence-corrected chi connectivity index (χ1v) is 10.1. The van der Waals surface area contributed by atoms with Crippen molar-refractivity contribution in [2.45, 2.75) is 45.2 Å². The lowest BCUT2D eigenvalue weighted by Gasteiger charge is -2.34. The second kappa shape index (κ2) is 8.63. The molecule has 1 aromatic carbocycles. The Kier molecular flexibility index (Phi) is 6.27. The maximum atomic E-state index is 12.5. The first-order chi connectivity index (χ1) is 12.1. The van der Waals surface area contributed by atoms with Gasteiger partial charge in [0.15, 0.2) is 0 Å². The van der Waals surface area contributed by atoms with E-state index in [0.717, 1.165) is 6.42 Å². The second-order valence-electron chi connectivity index (χ2n) is 7.18. The van der Waals surface area contributed by atoms with Gasteiger partial charge in [0.25, 0.3) is 0 Å². The molecule has 2 aromatic rings. The van der Waals surface area contributed by atoms with Gasteiger partial charge in [0, 0.05) is 10.9 Å². The molecule has 0 bridgehead atoms. The summed E-state index contributed by atoms with van der Waals surface area (Å²) in [5.74, 6) is 1.35. The molecule has 4 heteroatoms. The number of thiophene rings is 1. The average molecular weight is 357 g/mol. The molecule has 1 fully saturated rings. The third-order valence-corrected chi connectivity index (χ3v) is 6.42. The summed E-state index contributed by atoms with van der Waals surface area (Å²) in [7, 11) is 0. The molecule has 1 saturated carbocycles. The highest BCUT2D eigenvalue weighted by atomic mass is 32.1. The molecule has 0 radical (unpaired) electrons. The summed E-state index contributed by atoms with van der Waals surface area (Å²) < 4.78 is 0. The largest absolute Gasteiger partial charge is 0.352 e. The summed E-state index contributed by atoms with van der Waals surface area (Å²) in [5.41, 5.74) is 1.19. The van der Waals surface area contributed by atoms with E-state index in [9.17, 15) is 4.79 Å². The van der Waals surface area contributed by atoms with Crippen LogP contribution in [0.15, 0.2) is 47.8 Å². The lowest BCUT2D eigenvalue weighted by atomic mass is 9.78. The SMILES string of the molecule is C[C@@H]1[C@@H](C)CCC[C@H]1NC(=O)CN[C@@H](c1ccccc1)c1cccs1. The molecule has 1 aliphatic carbocycles. The van der Waals surface area contributed by atoms with Gasteiger partial charge in [0.05, 0.1) is 12.6 Å². The topological polar surface area (TPSA) is 41.1 Å². The van der Waals surface area contributed by atoms with Gasteiger partial charge in [0.1, 0.15) is 0 Å². The van der Waals surface area contributed by atoms with Crippen LogP contribution in [-0.4, -0.2) is 18.5 Å². The van der Waals surface area contributed by atoms with E-state index in [2.05, 4.69) is 54.1 Å². The standard InChI is InChI=1S/C21H28N2OS/c1-15-8-6-11-18(16(15)2)23-20(24)14-22-21(19-12-7-13-25-19)17-9-4-3-5-10-17/h3-5,7,9-10,12-13,15-16,18,21-22H,6,8,11,14H2,1-2H3,(H,23,24)/t15-,16+,18+,21-/m0/s1. The Bertz CT molecular complexity index is 656. The van der Waals surface area contributed by atoms with Crippen molar-refractivity contribution in [3.8, 4) is 0 Å². The number of benzene rings is 1. The molecular weight excluding hydrogens is 328 g/mol. The Labute approximate surface area is 154 Å². The minimum absolute atomic E-state index is 0.0645. The van der Waals surface area contributed by atoms with Gasteiger partial charge in [-0.2, -0.15) is 0 Å². The van der Waals surface area contributed by atoms with Crippen LogP contribution in [0.2, 0.25) is 0 Å². The molecule has 0 saturated heterocycles. The fraction of sp³-hybridized carbons (Fsp3) is 0.476. The van der Waals surface area contributed by atoms with Crippen LogP contribution >= 0.6 is 11.3 Å². The van der Waals surface area contributed by atoms with Crippen molar-refractivity contribution in [2.24, 2.45) is 11.8 Å². The van der Waals surface area contributed by atoms with E-state index in [1.165, 1.54) is 23.3 Å². The molecule has 3 rings (SSSR count). The van der Waals surface area contributed by atoms with Crippen LogP contribution in [0.25, 0.3) is 0 Å². The molecule has 1 heterocycles. The maximum Gasteiger partial charge on any atom is 0.234 e. The van der Waals surface area contributed by atoms with Crippen molar-refractivity contribution >= 4 is 17.2 Å². The summed E-state index contributed by atoms with van der Waals surface area (Å²) in [4.78, 5) is 13.7. The van der Waals surface area contributed by atoms with Gasteiger partial charge in [-0.05, 0) is 35.3 Å². The predicted molar refractivity (Wildman–Crippen MR) is 105 cm³/mol. The summed E-state index contributed by atoms with van der Waals surface area (Å²) in [6.45, 7) is 4.90. The van der Waals surface area contributed by atoms with Gasteiger partial charge in [0.2, 0.25) is 5.91 Å². The van der Waals surface area contributed by atoms with Crippen LogP contribution in [0.4, 0.5) is 0 Å². The number of carbonyl (C=O) groups excluding carboxylic acids is 1. The monoisotopic (exact) mass is 356 g/mol. The molecule has 1 amide bonds. The molecule has 0 aliphatic heterocycles. The van der Waals surface area contributed by atoms with Crippen LogP contribution in [0.1, 0.15) is 49.6 Å². The summed E-state index contributed by atoms with van der Waals surface area (Å²) in [6, 6.07) is 14.9. The number of hydrogen-bond acceptors (Lipinski definition) is 3. The Morgan fingerprint density at radius 2 is 1.96 bits per heavy atom. The van der Waals surface area contributed by atoms with Gasteiger partial charge >= 0.3 is 0 Å². The van der Waals surface area contributed by atoms with Crippen molar-refractivity contribution in [3.63, 3.8) is 0 Å². The number of amides is 1. The van der Waals surface area contributed by atoms with Crippen LogP contribution in [0, 0.1) is 11.8 Å². The van der Waals surface area contributed by atoms with E-state index >= 15 is 0 Å². The minimum Gasteiger partial charge on any atom is -0.352 e. The highest BCUT2D eigenvalue weighted by Crippen LogP contribution is 2.29. The third kappa shape index (κ3) is 4.71. The average Bonchev–Trinajstić information content (AvgIpc) is 3.14. The Hall–Kier alpha value is -1.65. The van der Waals surface area contributed by atoms with E-state index in [-0.39, 0.29) is 11.9 Å². The fourth-order valence-electron chi connectivity index (χ4n) is 3.72. The fourth-order valence-corrected chi connectivity index (χ4v) is 4.55. The molecular formula is C21H28N2OS. The van der Waals surface area contributed by atoms with Crippen LogP contribution in [0.5, 0.6) is 0 Å². The second-order valence-corrected chi connectivity index (χ2v) is 8.16. The molecule has 25 heavy (non-hydrogen) atoms. The number of hydrogen-bond donors (Lipinski definition) is 2. The molecule has 2 N–H and O–H groups in total. The minimum atomic E-state index is 0.0645. The Morgan fingerprint density at radius 3 is 2.68 bits per heavy atom. The number of rotatable bonds is 6.